The number of H-pyrrole nitrogens is 1. The van der Waals surface area contributed by atoms with E-state index in [0.717, 1.165) is 21.6 Å². The molecule has 1 rings (SSSR count). The minimum Gasteiger partial charge on any atom is -0.480 e. The molecule has 0 spiro atoms. The Balaban J connectivity index is 3.49. The highest BCUT2D eigenvalue weighted by atomic mass is 33.1. The molecule has 6 amide bonds. The Hall–Kier alpha value is -5.31. The van der Waals surface area contributed by atoms with E-state index < -0.39 is 128 Å². The number of aromatic nitrogens is 2. The molecule has 1 heterocycles. The average Bonchev–Trinajstić information content (AvgIpc) is 3.63. The molecule has 5 atom stereocenters. The number of hydrogen-bond donors (Lipinski definition) is 12. The number of hydrogen-bond acceptors (Lipinski definition) is 16. The monoisotopic (exact) mass is 820 g/mol. The van der Waals surface area contributed by atoms with Crippen LogP contribution in [0.15, 0.2) is 12.5 Å². The third-order valence-electron chi connectivity index (χ3n) is 7.11. The SMILES string of the molecule is NCCC(=O)N[C@@H](Cc1cnc[nH]1)C(=O)N(C(=O)CC[C@H](N)C(=O)O)[C@@H](CSSC[C@H](NC(=O)CC[C@H](N)C(=O)O)C(=O)NCC(=O)O)C(=O)NCC(=O)O. The fourth-order valence-corrected chi connectivity index (χ4v) is 6.64. The second kappa shape index (κ2) is 24.9. The lowest BCUT2D eigenvalue weighted by molar-refractivity contribution is -0.153. The second-order valence-corrected chi connectivity index (χ2v) is 14.0. The molecule has 0 fully saturated rings. The van der Waals surface area contributed by atoms with Gasteiger partial charge in [0, 0.05) is 55.6 Å². The molecular formula is C29H44N10O14S2. The number of aliphatic carboxylic acids is 4. The fraction of sp³-hybridized carbons (Fsp3) is 0.552. The van der Waals surface area contributed by atoms with Gasteiger partial charge in [-0.1, -0.05) is 21.6 Å². The van der Waals surface area contributed by atoms with E-state index in [4.69, 9.17) is 27.4 Å². The Morgan fingerprint density at radius 3 is 1.80 bits per heavy atom. The van der Waals surface area contributed by atoms with Crippen molar-refractivity contribution in [1.82, 2.24) is 36.1 Å². The first-order valence-corrected chi connectivity index (χ1v) is 18.7. The number of carbonyl (C=O) groups is 10. The molecule has 0 radical (unpaired) electrons. The van der Waals surface area contributed by atoms with E-state index in [1.54, 1.807) is 0 Å². The maximum absolute atomic E-state index is 14.2. The maximum Gasteiger partial charge on any atom is 0.322 e. The van der Waals surface area contributed by atoms with E-state index in [1.165, 1.54) is 12.5 Å². The molecule has 1 aromatic rings. The van der Waals surface area contributed by atoms with E-state index in [0.29, 0.717) is 10.6 Å². The molecule has 0 aliphatic rings. The molecule has 0 aromatic carbocycles. The number of nitrogens with one attached hydrogen (secondary N) is 5. The quantitative estimate of drug-likeness (QED) is 0.0292. The first-order valence-electron chi connectivity index (χ1n) is 16.2. The van der Waals surface area contributed by atoms with Crippen molar-refractivity contribution in [3.8, 4) is 0 Å². The number of imidazole rings is 1. The van der Waals surface area contributed by atoms with Crippen LogP contribution in [0.4, 0.5) is 0 Å². The average molecular weight is 821 g/mol. The zero-order valence-corrected chi connectivity index (χ0v) is 30.8. The summed E-state index contributed by atoms with van der Waals surface area (Å²) in [5.41, 5.74) is 16.8. The number of amides is 6. The zero-order valence-electron chi connectivity index (χ0n) is 29.1. The minimum absolute atomic E-state index is 0.119. The first-order chi connectivity index (χ1) is 25.9. The molecule has 0 bridgehead atoms. The van der Waals surface area contributed by atoms with Crippen LogP contribution in [-0.2, 0) is 54.4 Å². The third kappa shape index (κ3) is 18.5. The molecular weight excluding hydrogens is 777 g/mol. The van der Waals surface area contributed by atoms with Crippen LogP contribution < -0.4 is 38.5 Å². The van der Waals surface area contributed by atoms with Crippen molar-refractivity contribution >= 4 is 80.9 Å². The van der Waals surface area contributed by atoms with Gasteiger partial charge < -0.3 is 63.9 Å². The van der Waals surface area contributed by atoms with Crippen LogP contribution in [0.25, 0.3) is 0 Å². The first kappa shape index (κ1) is 47.7. The highest BCUT2D eigenvalue weighted by molar-refractivity contribution is 8.76. The van der Waals surface area contributed by atoms with Crippen molar-refractivity contribution in [1.29, 1.82) is 0 Å². The molecule has 0 unspecified atom stereocenters. The topological polar surface area (TPSA) is 410 Å². The van der Waals surface area contributed by atoms with Crippen molar-refractivity contribution in [2.75, 3.05) is 31.1 Å². The summed E-state index contributed by atoms with van der Waals surface area (Å²) in [6.07, 6.45) is 0.132. The Bertz CT molecular complexity index is 1530. The normalized spacial score (nSPS) is 13.5. The number of carboxylic acid groups (broad SMARTS) is 4. The third-order valence-corrected chi connectivity index (χ3v) is 9.52. The predicted octanol–water partition coefficient (Wildman–Crippen LogP) is -4.84. The molecule has 0 aliphatic carbocycles. The van der Waals surface area contributed by atoms with Crippen LogP contribution >= 0.6 is 21.6 Å². The fourth-order valence-electron chi connectivity index (χ4n) is 4.28. The highest BCUT2D eigenvalue weighted by Crippen LogP contribution is 2.26. The molecule has 306 valence electrons. The molecule has 55 heavy (non-hydrogen) atoms. The van der Waals surface area contributed by atoms with Gasteiger partial charge in [-0.2, -0.15) is 0 Å². The number of carboxylic acids is 4. The summed E-state index contributed by atoms with van der Waals surface area (Å²) in [5.74, 6) is -12.5. The van der Waals surface area contributed by atoms with Gasteiger partial charge in [-0.15, -0.1) is 0 Å². The van der Waals surface area contributed by atoms with Crippen LogP contribution in [0.1, 0.15) is 37.8 Å². The van der Waals surface area contributed by atoms with Crippen LogP contribution in [-0.4, -0.2) is 156 Å². The number of rotatable bonds is 27. The number of carbonyl (C=O) groups excluding carboxylic acids is 6. The van der Waals surface area contributed by atoms with Crippen molar-refractivity contribution in [3.63, 3.8) is 0 Å². The standard InChI is InChI=1S/C29H44N10O14S2/c30-6-5-21(41)37-17(7-14-8-33-13-36-14)27(49)39(22(42)4-2-16(32)29(52)53)19(26(48)35-10-24(45)46)12-55-54-11-18(25(47)34-9-23(43)44)38-20(40)3-1-15(31)28(50)51/h8,13,15-19H,1-7,9-12,30-32H2,(H,33,36)(H,34,47)(H,35,48)(H,37,41)(H,38,40)(H,43,44)(H,45,46)(H,50,51)(H,52,53)/t15-,16-,17-,18-,19-/m0/s1. The Morgan fingerprint density at radius 1 is 0.745 bits per heavy atom. The van der Waals surface area contributed by atoms with Gasteiger partial charge in [-0.3, -0.25) is 52.8 Å². The van der Waals surface area contributed by atoms with Crippen molar-refractivity contribution in [2.45, 2.75) is 68.7 Å². The van der Waals surface area contributed by atoms with Crippen LogP contribution in [0.5, 0.6) is 0 Å². The number of nitrogens with zero attached hydrogens (tertiary/aromatic N) is 2. The molecule has 0 saturated heterocycles. The van der Waals surface area contributed by atoms with E-state index in [9.17, 15) is 58.2 Å². The van der Waals surface area contributed by atoms with Gasteiger partial charge in [0.2, 0.25) is 29.5 Å². The smallest absolute Gasteiger partial charge is 0.322 e. The van der Waals surface area contributed by atoms with Crippen LogP contribution in [0, 0.1) is 0 Å². The van der Waals surface area contributed by atoms with Crippen LogP contribution in [0.2, 0.25) is 0 Å². The van der Waals surface area contributed by atoms with E-state index >= 15 is 0 Å². The van der Waals surface area contributed by atoms with Crippen molar-refractivity contribution < 1.29 is 68.4 Å². The Labute approximate surface area is 320 Å². The largest absolute Gasteiger partial charge is 0.480 e. The van der Waals surface area contributed by atoms with Gasteiger partial charge >= 0.3 is 23.9 Å². The summed E-state index contributed by atoms with van der Waals surface area (Å²) < 4.78 is 0. The number of imide groups is 1. The second-order valence-electron chi connectivity index (χ2n) is 11.4. The molecule has 24 nitrogen and oxygen atoms in total. The van der Waals surface area contributed by atoms with Gasteiger partial charge in [0.25, 0.3) is 5.91 Å². The van der Waals surface area contributed by atoms with E-state index in [-0.39, 0.29) is 31.6 Å². The van der Waals surface area contributed by atoms with E-state index in [1.807, 2.05) is 0 Å². The molecule has 0 saturated carbocycles. The lowest BCUT2D eigenvalue weighted by Gasteiger charge is -2.32. The number of aromatic amines is 1. The van der Waals surface area contributed by atoms with Gasteiger partial charge in [0.05, 0.1) is 6.33 Å². The van der Waals surface area contributed by atoms with Gasteiger partial charge in [-0.05, 0) is 12.8 Å². The summed E-state index contributed by atoms with van der Waals surface area (Å²) in [5, 5.41) is 45.3. The van der Waals surface area contributed by atoms with Crippen molar-refractivity contribution in [3.05, 3.63) is 18.2 Å². The highest BCUT2D eigenvalue weighted by Gasteiger charge is 2.39. The van der Waals surface area contributed by atoms with Gasteiger partial charge in [-0.25, -0.2) is 4.98 Å². The molecule has 0 aliphatic heterocycles. The zero-order chi connectivity index (χ0) is 41.7. The molecule has 26 heteroatoms. The minimum atomic E-state index is -1.83. The summed E-state index contributed by atoms with van der Waals surface area (Å²) in [6.45, 7) is -1.90. The van der Waals surface area contributed by atoms with Crippen LogP contribution in [0.3, 0.4) is 0 Å². The summed E-state index contributed by atoms with van der Waals surface area (Å²) in [4.78, 5) is 131. The van der Waals surface area contributed by atoms with Gasteiger partial charge in [0.15, 0.2) is 0 Å². The molecule has 15 N–H and O–H groups in total. The Morgan fingerprint density at radius 2 is 1.27 bits per heavy atom. The lowest BCUT2D eigenvalue weighted by atomic mass is 10.1. The summed E-state index contributed by atoms with van der Waals surface area (Å²) >= 11 is 0. The number of nitrogens with two attached hydrogens (primary N) is 3. The Kier molecular flexibility index (Phi) is 21.6. The van der Waals surface area contributed by atoms with E-state index in [2.05, 4.69) is 31.2 Å². The van der Waals surface area contributed by atoms with Crippen molar-refractivity contribution in [2.24, 2.45) is 17.2 Å². The maximum atomic E-state index is 14.2. The predicted molar refractivity (Wildman–Crippen MR) is 191 cm³/mol. The van der Waals surface area contributed by atoms with Gasteiger partial charge in [0.1, 0.15) is 43.3 Å². The summed E-state index contributed by atoms with van der Waals surface area (Å²) in [7, 11) is 1.55. The summed E-state index contributed by atoms with van der Waals surface area (Å²) in [6, 6.07) is -7.76. The lowest BCUT2D eigenvalue weighted by Crippen LogP contribution is -2.59. The molecule has 1 aromatic heterocycles.